The minimum atomic E-state index is -0.425. The van der Waals surface area contributed by atoms with Crippen molar-refractivity contribution in [2.24, 2.45) is 5.73 Å². The van der Waals surface area contributed by atoms with Crippen molar-refractivity contribution in [1.29, 1.82) is 0 Å². The highest BCUT2D eigenvalue weighted by Crippen LogP contribution is 2.31. The number of hydrogen-bond donors (Lipinski definition) is 1. The van der Waals surface area contributed by atoms with Crippen LogP contribution < -0.4 is 15.4 Å². The molecule has 0 saturated heterocycles. The zero-order valence-corrected chi connectivity index (χ0v) is 9.35. The number of ether oxygens (including phenoxy) is 1. The van der Waals surface area contributed by atoms with Crippen LogP contribution in [0.2, 0.25) is 0 Å². The maximum Gasteiger partial charge on any atom is 0.244 e. The van der Waals surface area contributed by atoms with Crippen molar-refractivity contribution < 1.29 is 9.53 Å². The van der Waals surface area contributed by atoms with Gasteiger partial charge >= 0.3 is 0 Å². The number of carbonyl (C=O) groups is 1. The number of nitrogens with zero attached hydrogens (tertiary/aromatic N) is 1. The minimum absolute atomic E-state index is 0.0294. The standard InChI is InChI=1S/C12H16N2O2/c1-2-9(13)12(15)14-7-8-16-11-6-4-3-5-10(11)14/h3-6,9H,2,7-8,13H2,1H3. The Hall–Kier alpha value is -1.55. The molecule has 86 valence electrons. The fourth-order valence-electron chi connectivity index (χ4n) is 1.77. The third-order valence-electron chi connectivity index (χ3n) is 2.75. The number of nitrogens with two attached hydrogens (primary N) is 1. The molecular formula is C12H16N2O2. The molecule has 16 heavy (non-hydrogen) atoms. The van der Waals surface area contributed by atoms with Crippen molar-refractivity contribution >= 4 is 11.6 Å². The average Bonchev–Trinajstić information content (AvgIpc) is 2.36. The van der Waals surface area contributed by atoms with Crippen LogP contribution in [-0.4, -0.2) is 25.1 Å². The van der Waals surface area contributed by atoms with Crippen LogP contribution >= 0.6 is 0 Å². The number of rotatable bonds is 2. The summed E-state index contributed by atoms with van der Waals surface area (Å²) in [6.45, 7) is 3.01. The van der Waals surface area contributed by atoms with E-state index in [0.29, 0.717) is 19.6 Å². The van der Waals surface area contributed by atoms with E-state index in [1.54, 1.807) is 4.90 Å². The van der Waals surface area contributed by atoms with Crippen LogP contribution in [0.3, 0.4) is 0 Å². The van der Waals surface area contributed by atoms with Gasteiger partial charge in [0.25, 0.3) is 0 Å². The quantitative estimate of drug-likeness (QED) is 0.813. The van der Waals surface area contributed by atoms with E-state index in [2.05, 4.69) is 0 Å². The summed E-state index contributed by atoms with van der Waals surface area (Å²) < 4.78 is 5.48. The Balaban J connectivity index is 2.28. The largest absolute Gasteiger partial charge is 0.490 e. The van der Waals surface area contributed by atoms with Crippen LogP contribution in [0.1, 0.15) is 13.3 Å². The number of amides is 1. The van der Waals surface area contributed by atoms with Gasteiger partial charge < -0.3 is 15.4 Å². The highest BCUT2D eigenvalue weighted by Gasteiger charge is 2.26. The highest BCUT2D eigenvalue weighted by molar-refractivity contribution is 5.98. The maximum absolute atomic E-state index is 12.0. The van der Waals surface area contributed by atoms with E-state index in [-0.39, 0.29) is 5.91 Å². The maximum atomic E-state index is 12.0. The number of para-hydroxylation sites is 2. The third kappa shape index (κ3) is 1.88. The number of hydrogen-bond acceptors (Lipinski definition) is 3. The van der Waals surface area contributed by atoms with Gasteiger partial charge in [-0.3, -0.25) is 4.79 Å². The Labute approximate surface area is 95.0 Å². The van der Waals surface area contributed by atoms with Gasteiger partial charge in [0.15, 0.2) is 0 Å². The van der Waals surface area contributed by atoms with Gasteiger partial charge in [-0.2, -0.15) is 0 Å². The average molecular weight is 220 g/mol. The Morgan fingerprint density at radius 3 is 3.06 bits per heavy atom. The van der Waals surface area contributed by atoms with Gasteiger partial charge in [-0.05, 0) is 18.6 Å². The Morgan fingerprint density at radius 1 is 1.56 bits per heavy atom. The molecule has 0 aliphatic carbocycles. The summed E-state index contributed by atoms with van der Waals surface area (Å²) in [6.07, 6.45) is 0.651. The second-order valence-corrected chi connectivity index (χ2v) is 3.82. The van der Waals surface area contributed by atoms with Gasteiger partial charge in [-0.25, -0.2) is 0 Å². The normalized spacial score (nSPS) is 16.2. The van der Waals surface area contributed by atoms with E-state index in [0.717, 1.165) is 11.4 Å². The molecule has 1 aromatic rings. The van der Waals surface area contributed by atoms with Crippen molar-refractivity contribution in [2.75, 3.05) is 18.1 Å². The first-order valence-electron chi connectivity index (χ1n) is 5.53. The molecule has 0 fully saturated rings. The van der Waals surface area contributed by atoms with Crippen molar-refractivity contribution in [3.8, 4) is 5.75 Å². The van der Waals surface area contributed by atoms with Crippen LogP contribution in [0, 0.1) is 0 Å². The first kappa shape index (κ1) is 11.0. The first-order valence-corrected chi connectivity index (χ1v) is 5.53. The second kappa shape index (κ2) is 4.53. The van der Waals surface area contributed by atoms with E-state index >= 15 is 0 Å². The summed E-state index contributed by atoms with van der Waals surface area (Å²) in [7, 11) is 0. The highest BCUT2D eigenvalue weighted by atomic mass is 16.5. The van der Waals surface area contributed by atoms with Gasteiger partial charge in [-0.15, -0.1) is 0 Å². The zero-order chi connectivity index (χ0) is 11.5. The molecular weight excluding hydrogens is 204 g/mol. The fraction of sp³-hybridized carbons (Fsp3) is 0.417. The Bertz CT molecular complexity index is 392. The third-order valence-corrected chi connectivity index (χ3v) is 2.75. The monoisotopic (exact) mass is 220 g/mol. The number of carbonyl (C=O) groups excluding carboxylic acids is 1. The Morgan fingerprint density at radius 2 is 2.31 bits per heavy atom. The molecule has 2 rings (SSSR count). The molecule has 4 nitrogen and oxygen atoms in total. The molecule has 2 N–H and O–H groups in total. The molecule has 1 heterocycles. The summed E-state index contributed by atoms with van der Waals surface area (Å²) in [5, 5.41) is 0. The molecule has 1 amide bonds. The van der Waals surface area contributed by atoms with E-state index in [1.165, 1.54) is 0 Å². The lowest BCUT2D eigenvalue weighted by atomic mass is 10.1. The predicted octanol–water partition coefficient (Wildman–Crippen LogP) is 1.15. The van der Waals surface area contributed by atoms with Gasteiger partial charge in [0.05, 0.1) is 18.3 Å². The van der Waals surface area contributed by atoms with Crippen molar-refractivity contribution in [3.05, 3.63) is 24.3 Å². The zero-order valence-electron chi connectivity index (χ0n) is 9.35. The van der Waals surface area contributed by atoms with Crippen molar-refractivity contribution in [2.45, 2.75) is 19.4 Å². The van der Waals surface area contributed by atoms with E-state index in [9.17, 15) is 4.79 Å². The molecule has 0 aromatic heterocycles. The lowest BCUT2D eigenvalue weighted by Crippen LogP contribution is -2.46. The SMILES string of the molecule is CCC(N)C(=O)N1CCOc2ccccc21. The van der Waals surface area contributed by atoms with Crippen LogP contribution in [0.15, 0.2) is 24.3 Å². The van der Waals surface area contributed by atoms with Gasteiger partial charge in [0.1, 0.15) is 12.4 Å². The van der Waals surface area contributed by atoms with Gasteiger partial charge in [-0.1, -0.05) is 19.1 Å². The molecule has 0 radical (unpaired) electrons. The number of fused-ring (bicyclic) bond motifs is 1. The van der Waals surface area contributed by atoms with Crippen molar-refractivity contribution in [1.82, 2.24) is 0 Å². The lowest BCUT2D eigenvalue weighted by molar-refractivity contribution is -0.120. The van der Waals surface area contributed by atoms with E-state index in [1.807, 2.05) is 31.2 Å². The van der Waals surface area contributed by atoms with Gasteiger partial charge in [0, 0.05) is 0 Å². The summed E-state index contributed by atoms with van der Waals surface area (Å²) in [5.41, 5.74) is 6.59. The molecule has 0 saturated carbocycles. The van der Waals surface area contributed by atoms with Gasteiger partial charge in [0.2, 0.25) is 5.91 Å². The molecule has 0 bridgehead atoms. The van der Waals surface area contributed by atoms with E-state index in [4.69, 9.17) is 10.5 Å². The molecule has 1 atom stereocenters. The second-order valence-electron chi connectivity index (χ2n) is 3.82. The van der Waals surface area contributed by atoms with Crippen LogP contribution in [0.25, 0.3) is 0 Å². The van der Waals surface area contributed by atoms with Crippen molar-refractivity contribution in [3.63, 3.8) is 0 Å². The number of benzene rings is 1. The molecule has 0 spiro atoms. The molecule has 1 unspecified atom stereocenters. The molecule has 1 aromatic carbocycles. The summed E-state index contributed by atoms with van der Waals surface area (Å²) in [6, 6.07) is 7.12. The summed E-state index contributed by atoms with van der Waals surface area (Å²) in [5.74, 6) is 0.726. The van der Waals surface area contributed by atoms with Crippen LogP contribution in [0.5, 0.6) is 5.75 Å². The summed E-state index contributed by atoms with van der Waals surface area (Å²) >= 11 is 0. The fourth-order valence-corrected chi connectivity index (χ4v) is 1.77. The van der Waals surface area contributed by atoms with Crippen LogP contribution in [-0.2, 0) is 4.79 Å². The van der Waals surface area contributed by atoms with Crippen LogP contribution in [0.4, 0.5) is 5.69 Å². The molecule has 1 aliphatic heterocycles. The molecule has 4 heteroatoms. The Kier molecular flexibility index (Phi) is 3.10. The lowest BCUT2D eigenvalue weighted by Gasteiger charge is -2.31. The first-order chi connectivity index (χ1) is 7.74. The van der Waals surface area contributed by atoms with E-state index < -0.39 is 6.04 Å². The topological polar surface area (TPSA) is 55.6 Å². The number of anilines is 1. The summed E-state index contributed by atoms with van der Waals surface area (Å²) in [4.78, 5) is 13.8. The minimum Gasteiger partial charge on any atom is -0.490 e. The smallest absolute Gasteiger partial charge is 0.244 e. The predicted molar refractivity (Wildman–Crippen MR) is 62.6 cm³/mol. The molecule has 1 aliphatic rings.